The van der Waals surface area contributed by atoms with Gasteiger partial charge in [0.15, 0.2) is 0 Å². The number of anilines is 1. The molecule has 1 aromatic heterocycles. The number of halogens is 2. The highest BCUT2D eigenvalue weighted by molar-refractivity contribution is 7.80. The number of thiophene rings is 1. The van der Waals surface area contributed by atoms with Gasteiger partial charge in [0.2, 0.25) is 0 Å². The number of nitrogens with one attached hydrogen (secondary N) is 1. The highest BCUT2D eigenvalue weighted by Crippen LogP contribution is 2.42. The van der Waals surface area contributed by atoms with E-state index in [2.05, 4.69) is 33.9 Å². The SMILES string of the molecule is O=S(O)Nc1sccc1C1CN(C(c2ccc(Cl)cc2)c2ccc(Cl)cc2)C1. The molecule has 1 aliphatic heterocycles. The molecule has 1 saturated heterocycles. The number of hydrogen-bond acceptors (Lipinski definition) is 3. The minimum atomic E-state index is -2.06. The van der Waals surface area contributed by atoms with E-state index in [9.17, 15) is 4.21 Å². The molecule has 1 fully saturated rings. The van der Waals surface area contributed by atoms with Gasteiger partial charge in [0.05, 0.1) is 6.04 Å². The maximum atomic E-state index is 11.1. The quantitative estimate of drug-likeness (QED) is 0.465. The van der Waals surface area contributed by atoms with Crippen LogP contribution in [0, 0.1) is 0 Å². The summed E-state index contributed by atoms with van der Waals surface area (Å²) >= 11 is 11.5. The van der Waals surface area contributed by atoms with E-state index in [1.165, 1.54) is 22.5 Å². The average Bonchev–Trinajstić information content (AvgIpc) is 3.06. The Hall–Kier alpha value is -1.41. The highest BCUT2D eigenvalue weighted by Gasteiger charge is 2.36. The minimum Gasteiger partial charge on any atom is -0.291 e. The molecule has 4 rings (SSSR count). The summed E-state index contributed by atoms with van der Waals surface area (Å²) < 4.78 is 22.9. The normalized spacial score (nSPS) is 16.1. The van der Waals surface area contributed by atoms with Crippen LogP contribution in [0.15, 0.2) is 60.0 Å². The lowest BCUT2D eigenvalue weighted by atomic mass is 9.87. The van der Waals surface area contributed by atoms with Crippen LogP contribution in [0.3, 0.4) is 0 Å². The molecule has 0 spiro atoms. The third kappa shape index (κ3) is 4.27. The Morgan fingerprint density at radius 3 is 2.04 bits per heavy atom. The van der Waals surface area contributed by atoms with Crippen LogP contribution in [0.1, 0.15) is 28.7 Å². The molecule has 2 N–H and O–H groups in total. The second-order valence-electron chi connectivity index (χ2n) is 6.71. The largest absolute Gasteiger partial charge is 0.291 e. The third-order valence-electron chi connectivity index (χ3n) is 4.96. The summed E-state index contributed by atoms with van der Waals surface area (Å²) in [6.45, 7) is 1.72. The number of hydrogen-bond donors (Lipinski definition) is 2. The molecular formula is C20H18Cl2N2O2S2. The van der Waals surface area contributed by atoms with E-state index in [0.29, 0.717) is 16.0 Å². The van der Waals surface area contributed by atoms with E-state index in [4.69, 9.17) is 27.8 Å². The van der Waals surface area contributed by atoms with Gasteiger partial charge in [-0.15, -0.1) is 11.3 Å². The van der Waals surface area contributed by atoms with Gasteiger partial charge in [-0.3, -0.25) is 14.2 Å². The summed E-state index contributed by atoms with van der Waals surface area (Å²) in [6, 6.07) is 18.0. The maximum Gasteiger partial charge on any atom is 0.259 e. The Labute approximate surface area is 180 Å². The molecule has 8 heteroatoms. The minimum absolute atomic E-state index is 0.104. The fourth-order valence-corrected chi connectivity index (χ4v) is 5.28. The van der Waals surface area contributed by atoms with Gasteiger partial charge in [-0.1, -0.05) is 47.5 Å². The van der Waals surface area contributed by atoms with Crippen molar-refractivity contribution >= 4 is 50.8 Å². The summed E-state index contributed by atoms with van der Waals surface area (Å²) in [5, 5.41) is 4.14. The van der Waals surface area contributed by atoms with Crippen molar-refractivity contribution < 1.29 is 8.76 Å². The molecule has 2 aromatic carbocycles. The van der Waals surface area contributed by atoms with Crippen molar-refractivity contribution in [1.29, 1.82) is 0 Å². The van der Waals surface area contributed by atoms with Crippen molar-refractivity contribution in [3.63, 3.8) is 0 Å². The molecule has 2 heterocycles. The predicted octanol–water partition coefficient (Wildman–Crippen LogP) is 5.79. The molecule has 1 atom stereocenters. The Bertz CT molecular complexity index is 925. The molecule has 28 heavy (non-hydrogen) atoms. The van der Waals surface area contributed by atoms with Crippen molar-refractivity contribution in [3.05, 3.63) is 86.7 Å². The lowest BCUT2D eigenvalue weighted by molar-refractivity contribution is 0.112. The average molecular weight is 453 g/mol. The van der Waals surface area contributed by atoms with Gasteiger partial charge in [0.1, 0.15) is 5.00 Å². The van der Waals surface area contributed by atoms with Crippen molar-refractivity contribution in [2.45, 2.75) is 12.0 Å². The predicted molar refractivity (Wildman–Crippen MR) is 118 cm³/mol. The van der Waals surface area contributed by atoms with Gasteiger partial charge in [0.25, 0.3) is 11.3 Å². The first-order valence-electron chi connectivity index (χ1n) is 8.71. The molecule has 3 aromatic rings. The standard InChI is InChI=1S/C20H18Cl2N2O2S2/c21-16-5-1-13(2-6-16)19(14-3-7-17(22)8-4-14)24-11-15(12-24)18-9-10-27-20(18)23-28(25)26/h1-10,15,19,23H,11-12H2,(H,25,26). The number of likely N-dealkylation sites (tertiary alicyclic amines) is 1. The fourth-order valence-electron chi connectivity index (χ4n) is 3.63. The van der Waals surface area contributed by atoms with Crippen LogP contribution < -0.4 is 4.72 Å². The Morgan fingerprint density at radius 2 is 1.54 bits per heavy atom. The molecule has 1 aliphatic rings. The maximum absolute atomic E-state index is 11.1. The van der Waals surface area contributed by atoms with Gasteiger partial charge < -0.3 is 0 Å². The van der Waals surface area contributed by atoms with E-state index in [-0.39, 0.29) is 6.04 Å². The van der Waals surface area contributed by atoms with Crippen molar-refractivity contribution in [2.24, 2.45) is 0 Å². The number of nitrogens with zero attached hydrogens (tertiary/aromatic N) is 1. The Morgan fingerprint density at radius 1 is 1.00 bits per heavy atom. The van der Waals surface area contributed by atoms with Gasteiger partial charge >= 0.3 is 0 Å². The monoisotopic (exact) mass is 452 g/mol. The molecule has 4 nitrogen and oxygen atoms in total. The van der Waals surface area contributed by atoms with Crippen LogP contribution in [0.2, 0.25) is 10.0 Å². The topological polar surface area (TPSA) is 52.6 Å². The second kappa shape index (κ2) is 8.53. The Balaban J connectivity index is 1.57. The molecule has 1 unspecified atom stereocenters. The van der Waals surface area contributed by atoms with E-state index in [0.717, 1.165) is 23.7 Å². The van der Waals surface area contributed by atoms with Crippen LogP contribution in [0.4, 0.5) is 5.00 Å². The third-order valence-corrected chi connectivity index (χ3v) is 6.82. The lowest BCUT2D eigenvalue weighted by Gasteiger charge is -2.45. The van der Waals surface area contributed by atoms with E-state index in [1.807, 2.05) is 35.7 Å². The first-order valence-corrected chi connectivity index (χ1v) is 11.5. The smallest absolute Gasteiger partial charge is 0.259 e. The summed E-state index contributed by atoms with van der Waals surface area (Å²) in [5.74, 6) is 0.319. The van der Waals surface area contributed by atoms with Crippen LogP contribution in [-0.4, -0.2) is 26.8 Å². The zero-order chi connectivity index (χ0) is 19.7. The van der Waals surface area contributed by atoms with Gasteiger partial charge in [-0.05, 0) is 52.4 Å². The van der Waals surface area contributed by atoms with Gasteiger partial charge in [0, 0.05) is 29.1 Å². The first-order chi connectivity index (χ1) is 13.5. The molecule has 0 aliphatic carbocycles. The molecule has 0 radical (unpaired) electrons. The van der Waals surface area contributed by atoms with Crippen molar-refractivity contribution in [3.8, 4) is 0 Å². The lowest BCUT2D eigenvalue weighted by Crippen LogP contribution is -2.47. The molecule has 0 saturated carbocycles. The van der Waals surface area contributed by atoms with E-state index < -0.39 is 11.3 Å². The second-order valence-corrected chi connectivity index (χ2v) is 9.20. The fraction of sp³-hybridized carbons (Fsp3) is 0.200. The molecular weight excluding hydrogens is 435 g/mol. The van der Waals surface area contributed by atoms with Crippen molar-refractivity contribution in [1.82, 2.24) is 4.90 Å². The van der Waals surface area contributed by atoms with Crippen LogP contribution in [0.5, 0.6) is 0 Å². The van der Waals surface area contributed by atoms with Crippen LogP contribution >= 0.6 is 34.5 Å². The summed E-state index contributed by atoms with van der Waals surface area (Å²) in [5.41, 5.74) is 3.44. The van der Waals surface area contributed by atoms with E-state index >= 15 is 0 Å². The summed E-state index contributed by atoms with van der Waals surface area (Å²) in [7, 11) is 0. The molecule has 0 bridgehead atoms. The number of benzene rings is 2. The van der Waals surface area contributed by atoms with Gasteiger partial charge in [-0.2, -0.15) is 0 Å². The first kappa shape index (κ1) is 19.9. The van der Waals surface area contributed by atoms with Crippen LogP contribution in [0.25, 0.3) is 0 Å². The molecule has 146 valence electrons. The zero-order valence-corrected chi connectivity index (χ0v) is 17.9. The summed E-state index contributed by atoms with van der Waals surface area (Å²) in [4.78, 5) is 2.40. The van der Waals surface area contributed by atoms with Crippen molar-refractivity contribution in [2.75, 3.05) is 17.8 Å². The Kier molecular flexibility index (Phi) is 6.06. The van der Waals surface area contributed by atoms with E-state index in [1.54, 1.807) is 0 Å². The highest BCUT2D eigenvalue weighted by atomic mass is 35.5. The molecule has 0 amide bonds. The summed E-state index contributed by atoms with van der Waals surface area (Å²) in [6.07, 6.45) is 0. The number of rotatable bonds is 6. The zero-order valence-electron chi connectivity index (χ0n) is 14.7. The van der Waals surface area contributed by atoms with Gasteiger partial charge in [-0.25, -0.2) is 4.21 Å². The van der Waals surface area contributed by atoms with Crippen LogP contribution in [-0.2, 0) is 11.3 Å².